The average Bonchev–Trinajstić information content (AvgIpc) is 3.05. The molecule has 3 N–H and O–H groups in total. The molecule has 0 saturated heterocycles. The number of nitrogens with one attached hydrogen (secondary N) is 1. The fourth-order valence-corrected chi connectivity index (χ4v) is 3.09. The largest absolute Gasteiger partial charge is 0.390 e. The van der Waals surface area contributed by atoms with Crippen LogP contribution in [-0.2, 0) is 0 Å². The molecule has 0 bridgehead atoms. The molecule has 0 aliphatic rings. The number of anilines is 1. The maximum atomic E-state index is 13.5. The zero-order chi connectivity index (χ0) is 20.3. The lowest BCUT2D eigenvalue weighted by Crippen LogP contribution is -2.03. The van der Waals surface area contributed by atoms with Crippen molar-refractivity contribution in [3.8, 4) is 5.69 Å². The summed E-state index contributed by atoms with van der Waals surface area (Å²) in [6, 6.07) is 3.97. The van der Waals surface area contributed by atoms with Gasteiger partial charge in [-0.05, 0) is 29.8 Å². The summed E-state index contributed by atoms with van der Waals surface area (Å²) in [6.07, 6.45) is 5.63. The first-order chi connectivity index (χ1) is 13.4. The van der Waals surface area contributed by atoms with Crippen LogP contribution in [0.4, 0.5) is 14.6 Å². The van der Waals surface area contributed by atoms with Crippen LogP contribution in [0.1, 0.15) is 0 Å². The number of hydrogen-bond acceptors (Lipinski definition) is 4. The van der Waals surface area contributed by atoms with Crippen molar-refractivity contribution in [2.75, 3.05) is 12.0 Å². The SMILES string of the molecule is C=C(/C=C(\N=CN)Nc1nccc2nn(-c3c(Cl)cc(F)cc3Cl)cc12)CF. The van der Waals surface area contributed by atoms with E-state index in [1.807, 2.05) is 0 Å². The molecule has 28 heavy (non-hydrogen) atoms. The lowest BCUT2D eigenvalue weighted by molar-refractivity contribution is 0.550. The Morgan fingerprint density at radius 3 is 2.71 bits per heavy atom. The van der Waals surface area contributed by atoms with E-state index in [0.717, 1.165) is 18.5 Å². The number of pyridine rings is 1. The van der Waals surface area contributed by atoms with Crippen LogP contribution < -0.4 is 11.1 Å². The van der Waals surface area contributed by atoms with E-state index in [0.29, 0.717) is 22.4 Å². The maximum absolute atomic E-state index is 13.5. The Kier molecular flexibility index (Phi) is 5.91. The van der Waals surface area contributed by atoms with E-state index >= 15 is 0 Å². The second kappa shape index (κ2) is 8.37. The molecule has 0 saturated carbocycles. The number of benzene rings is 1. The first-order valence-electron chi connectivity index (χ1n) is 7.89. The summed E-state index contributed by atoms with van der Waals surface area (Å²) < 4.78 is 27.6. The van der Waals surface area contributed by atoms with Crippen molar-refractivity contribution < 1.29 is 8.78 Å². The molecule has 1 aromatic carbocycles. The highest BCUT2D eigenvalue weighted by Crippen LogP contribution is 2.31. The lowest BCUT2D eigenvalue weighted by Gasteiger charge is -2.07. The Bertz CT molecular complexity index is 1080. The van der Waals surface area contributed by atoms with Gasteiger partial charge in [-0.2, -0.15) is 5.10 Å². The third kappa shape index (κ3) is 4.13. The highest BCUT2D eigenvalue weighted by atomic mass is 35.5. The predicted molar refractivity (Wildman–Crippen MR) is 108 cm³/mol. The number of aliphatic imine (C=N–C) groups is 1. The summed E-state index contributed by atoms with van der Waals surface area (Å²) in [6.45, 7) is 2.83. The summed E-state index contributed by atoms with van der Waals surface area (Å²) in [5, 5.41) is 8.18. The van der Waals surface area contributed by atoms with Crippen LogP contribution in [-0.4, -0.2) is 27.8 Å². The number of alkyl halides is 1. The molecule has 0 amide bonds. The van der Waals surface area contributed by atoms with Gasteiger partial charge in [-0.25, -0.2) is 23.4 Å². The van der Waals surface area contributed by atoms with Crippen LogP contribution in [0.15, 0.2) is 59.6 Å². The average molecular weight is 423 g/mol. The van der Waals surface area contributed by atoms with Gasteiger partial charge >= 0.3 is 0 Å². The molecule has 6 nitrogen and oxygen atoms in total. The van der Waals surface area contributed by atoms with Gasteiger partial charge in [-0.15, -0.1) is 0 Å². The number of nitrogens with zero attached hydrogens (tertiary/aromatic N) is 4. The Hall–Kier alpha value is -2.97. The van der Waals surface area contributed by atoms with Crippen molar-refractivity contribution in [3.05, 3.63) is 70.5 Å². The number of aromatic nitrogens is 3. The fraction of sp³-hybridized carbons (Fsp3) is 0.0556. The van der Waals surface area contributed by atoms with Gasteiger partial charge in [-0.3, -0.25) is 0 Å². The molecule has 144 valence electrons. The van der Waals surface area contributed by atoms with E-state index in [1.54, 1.807) is 12.3 Å². The molecule has 3 rings (SSSR count). The first kappa shape index (κ1) is 19.8. The normalized spacial score (nSPS) is 12.1. The van der Waals surface area contributed by atoms with Crippen molar-refractivity contribution in [1.82, 2.24) is 14.8 Å². The molecule has 3 aromatic rings. The molecule has 0 aliphatic heterocycles. The van der Waals surface area contributed by atoms with Gasteiger partial charge in [0, 0.05) is 12.4 Å². The molecule has 0 aliphatic carbocycles. The Labute approximate surface area is 169 Å². The third-order valence-corrected chi connectivity index (χ3v) is 4.19. The molecule has 2 aromatic heterocycles. The number of allylic oxidation sites excluding steroid dienone is 2. The number of hydrogen-bond donors (Lipinski definition) is 2. The van der Waals surface area contributed by atoms with Crippen molar-refractivity contribution in [2.45, 2.75) is 0 Å². The van der Waals surface area contributed by atoms with Crippen LogP contribution in [0.3, 0.4) is 0 Å². The van der Waals surface area contributed by atoms with Gasteiger partial charge in [0.1, 0.15) is 29.8 Å². The van der Waals surface area contributed by atoms with Gasteiger partial charge in [0.05, 0.1) is 27.3 Å². The topological polar surface area (TPSA) is 81.1 Å². The molecular formula is C18H14Cl2F2N6. The summed E-state index contributed by atoms with van der Waals surface area (Å²) in [5.74, 6) is 0.0827. The van der Waals surface area contributed by atoms with Crippen LogP contribution in [0, 0.1) is 5.82 Å². The molecule has 0 radical (unpaired) electrons. The summed E-state index contributed by atoms with van der Waals surface area (Å²) in [7, 11) is 0. The van der Waals surface area contributed by atoms with Crippen LogP contribution in [0.2, 0.25) is 10.0 Å². The quantitative estimate of drug-likeness (QED) is 0.344. The Balaban J connectivity index is 2.08. The third-order valence-electron chi connectivity index (χ3n) is 3.62. The smallest absolute Gasteiger partial charge is 0.142 e. The van der Waals surface area contributed by atoms with Crippen LogP contribution in [0.25, 0.3) is 16.6 Å². The fourth-order valence-electron chi connectivity index (χ4n) is 2.45. The molecule has 0 fully saturated rings. The molecule has 0 spiro atoms. The van der Waals surface area contributed by atoms with Crippen molar-refractivity contribution in [1.29, 1.82) is 0 Å². The summed E-state index contributed by atoms with van der Waals surface area (Å²) in [5.41, 5.74) is 6.45. The second-order valence-corrected chi connectivity index (χ2v) is 6.42. The standard InChI is InChI=1S/C18H14Cl2F2N6/c1-10(7-21)4-16(25-9-23)26-18-12-8-28(27-15(12)2-3-24-18)17-13(19)5-11(22)6-14(17)20/h2-6,8-9H,1,7H2,(H2,23,25)(H,24,26)/b16-4+. The summed E-state index contributed by atoms with van der Waals surface area (Å²) >= 11 is 12.3. The number of nitrogens with two attached hydrogens (primary N) is 1. The minimum absolute atomic E-state index is 0.104. The van der Waals surface area contributed by atoms with Crippen molar-refractivity contribution >= 4 is 46.3 Å². The zero-order valence-corrected chi connectivity index (χ0v) is 15.8. The van der Waals surface area contributed by atoms with E-state index in [2.05, 4.69) is 27.0 Å². The monoisotopic (exact) mass is 422 g/mol. The summed E-state index contributed by atoms with van der Waals surface area (Å²) in [4.78, 5) is 8.20. The number of fused-ring (bicyclic) bond motifs is 1. The van der Waals surface area contributed by atoms with Gasteiger partial charge in [-0.1, -0.05) is 29.8 Å². The van der Waals surface area contributed by atoms with E-state index in [-0.39, 0.29) is 21.4 Å². The molecule has 2 heterocycles. The van der Waals surface area contributed by atoms with Gasteiger partial charge in [0.2, 0.25) is 0 Å². The molecule has 10 heteroatoms. The molecule has 0 atom stereocenters. The van der Waals surface area contributed by atoms with Crippen LogP contribution >= 0.6 is 23.2 Å². The van der Waals surface area contributed by atoms with E-state index in [4.69, 9.17) is 28.9 Å². The highest BCUT2D eigenvalue weighted by Gasteiger charge is 2.15. The Morgan fingerprint density at radius 1 is 1.36 bits per heavy atom. The van der Waals surface area contributed by atoms with Crippen molar-refractivity contribution in [2.24, 2.45) is 10.7 Å². The first-order valence-corrected chi connectivity index (χ1v) is 8.64. The van der Waals surface area contributed by atoms with E-state index in [1.165, 1.54) is 17.0 Å². The highest BCUT2D eigenvalue weighted by molar-refractivity contribution is 6.37. The van der Waals surface area contributed by atoms with Crippen molar-refractivity contribution in [3.63, 3.8) is 0 Å². The zero-order valence-electron chi connectivity index (χ0n) is 14.3. The minimum Gasteiger partial charge on any atom is -0.390 e. The van der Waals surface area contributed by atoms with Crippen LogP contribution in [0.5, 0.6) is 0 Å². The number of halogens is 4. The number of rotatable bonds is 6. The van der Waals surface area contributed by atoms with E-state index in [9.17, 15) is 8.78 Å². The molecular weight excluding hydrogens is 409 g/mol. The van der Waals surface area contributed by atoms with Gasteiger partial charge < -0.3 is 11.1 Å². The maximum Gasteiger partial charge on any atom is 0.142 e. The predicted octanol–water partition coefficient (Wildman–Crippen LogP) is 4.63. The van der Waals surface area contributed by atoms with Gasteiger partial charge in [0.25, 0.3) is 0 Å². The van der Waals surface area contributed by atoms with Gasteiger partial charge in [0.15, 0.2) is 0 Å². The Morgan fingerprint density at radius 2 is 2.07 bits per heavy atom. The lowest BCUT2D eigenvalue weighted by atomic mass is 10.3. The van der Waals surface area contributed by atoms with E-state index < -0.39 is 12.5 Å². The minimum atomic E-state index is -0.734. The molecule has 0 unspecified atom stereocenters. The second-order valence-electron chi connectivity index (χ2n) is 5.61.